The summed E-state index contributed by atoms with van der Waals surface area (Å²) < 4.78 is 5.24. The highest BCUT2D eigenvalue weighted by Crippen LogP contribution is 2.31. The van der Waals surface area contributed by atoms with Gasteiger partial charge >= 0.3 is 0 Å². The number of amides is 1. The number of hydrogen-bond acceptors (Lipinski definition) is 4. The summed E-state index contributed by atoms with van der Waals surface area (Å²) in [6, 6.07) is 9.18. The third-order valence-electron chi connectivity index (χ3n) is 4.28. The van der Waals surface area contributed by atoms with E-state index in [4.69, 9.17) is 16.0 Å². The number of carbonyl (C=O) groups is 1. The lowest BCUT2D eigenvalue weighted by Crippen LogP contribution is -2.13. The van der Waals surface area contributed by atoms with Crippen LogP contribution in [0.2, 0.25) is 5.02 Å². The zero-order valence-corrected chi connectivity index (χ0v) is 15.1. The topological polar surface area (TPSA) is 67.5 Å². The first kappa shape index (κ1) is 16.5. The number of aromatic nitrogens is 1. The molecule has 130 valence electrons. The molecule has 3 aromatic rings. The second-order valence-corrected chi connectivity index (χ2v) is 6.72. The molecule has 0 aliphatic carbocycles. The third-order valence-corrected chi connectivity index (χ3v) is 4.61. The average molecular weight is 366 g/mol. The minimum atomic E-state index is -0.297. The van der Waals surface area contributed by atoms with Gasteiger partial charge in [0.05, 0.1) is 12.0 Å². The number of aliphatic imine (C=N–C) groups is 1. The van der Waals surface area contributed by atoms with Crippen molar-refractivity contribution >= 4 is 34.7 Å². The summed E-state index contributed by atoms with van der Waals surface area (Å²) >= 11 is 6.38. The first-order valence-electron chi connectivity index (χ1n) is 8.20. The molecule has 0 saturated carbocycles. The van der Waals surface area contributed by atoms with Crippen LogP contribution < -0.4 is 5.32 Å². The Labute approximate surface area is 155 Å². The molecule has 1 aliphatic rings. The molecule has 3 heterocycles. The molecule has 0 spiro atoms. The number of carbonyl (C=O) groups excluding carboxylic acids is 1. The second kappa shape index (κ2) is 6.42. The summed E-state index contributed by atoms with van der Waals surface area (Å²) in [5, 5.41) is 3.43. The Hall–Kier alpha value is -2.92. The summed E-state index contributed by atoms with van der Waals surface area (Å²) in [6.07, 6.45) is 3.96. The largest absolute Gasteiger partial charge is 0.459 e. The smallest absolute Gasteiger partial charge is 0.291 e. The van der Waals surface area contributed by atoms with Crippen LogP contribution in [0, 0.1) is 13.8 Å². The Morgan fingerprint density at radius 1 is 1.23 bits per heavy atom. The van der Waals surface area contributed by atoms with E-state index < -0.39 is 0 Å². The van der Waals surface area contributed by atoms with Crippen LogP contribution in [0.5, 0.6) is 0 Å². The van der Waals surface area contributed by atoms with Crippen molar-refractivity contribution in [3.8, 4) is 0 Å². The number of aryl methyl sites for hydroxylation is 2. The van der Waals surface area contributed by atoms with Gasteiger partial charge in [-0.2, -0.15) is 0 Å². The first-order valence-corrected chi connectivity index (χ1v) is 8.57. The molecule has 0 fully saturated rings. The van der Waals surface area contributed by atoms with E-state index in [9.17, 15) is 4.79 Å². The van der Waals surface area contributed by atoms with E-state index in [1.165, 1.54) is 6.26 Å². The normalized spacial score (nSPS) is 12.7. The minimum Gasteiger partial charge on any atom is -0.459 e. The minimum absolute atomic E-state index is 0.297. The highest BCUT2D eigenvalue weighted by molar-refractivity contribution is 6.34. The van der Waals surface area contributed by atoms with E-state index in [0.717, 1.165) is 33.8 Å². The van der Waals surface area contributed by atoms with Gasteiger partial charge in [-0.15, -0.1) is 0 Å². The molecule has 1 aliphatic heterocycles. The van der Waals surface area contributed by atoms with Crippen molar-refractivity contribution < 1.29 is 9.21 Å². The third kappa shape index (κ3) is 3.02. The molecule has 1 amide bonds. The van der Waals surface area contributed by atoms with Crippen LogP contribution in [0.4, 0.5) is 11.5 Å². The van der Waals surface area contributed by atoms with Gasteiger partial charge in [-0.25, -0.2) is 9.98 Å². The zero-order valence-electron chi connectivity index (χ0n) is 14.3. The summed E-state index contributed by atoms with van der Waals surface area (Å²) in [5.41, 5.74) is 5.23. The lowest BCUT2D eigenvalue weighted by molar-refractivity contribution is 0.0996. The first-order chi connectivity index (χ1) is 12.5. The van der Waals surface area contributed by atoms with E-state index in [1.807, 2.05) is 19.9 Å². The molecule has 0 saturated heterocycles. The van der Waals surface area contributed by atoms with Gasteiger partial charge in [0.25, 0.3) is 5.91 Å². The van der Waals surface area contributed by atoms with E-state index >= 15 is 0 Å². The standard InChI is InChI=1S/C20H16ClN3O2/c1-11-7-13-8-17(24-19(13)22-10-11)15-9-14(3-4-16(15)21)23-20(25)18-12(2)5-6-26-18/h3-7,9-10H,8H2,1-2H3,(H,23,25). The van der Waals surface area contributed by atoms with Crippen LogP contribution >= 0.6 is 11.6 Å². The van der Waals surface area contributed by atoms with Crippen molar-refractivity contribution in [3.63, 3.8) is 0 Å². The number of rotatable bonds is 3. The second-order valence-electron chi connectivity index (χ2n) is 6.31. The van der Waals surface area contributed by atoms with Crippen LogP contribution in [0.15, 0.2) is 52.2 Å². The molecular formula is C20H16ClN3O2. The molecule has 1 aromatic carbocycles. The highest BCUT2D eigenvalue weighted by Gasteiger charge is 2.20. The van der Waals surface area contributed by atoms with E-state index in [1.54, 1.807) is 24.4 Å². The highest BCUT2D eigenvalue weighted by atomic mass is 35.5. The van der Waals surface area contributed by atoms with Crippen molar-refractivity contribution in [1.29, 1.82) is 0 Å². The SMILES string of the molecule is Cc1cnc2c(c1)CC(c1cc(NC(=O)c3occc3C)ccc1Cl)=N2. The predicted octanol–water partition coefficient (Wildman–Crippen LogP) is 4.87. The Balaban J connectivity index is 1.62. The molecule has 2 aromatic heterocycles. The number of halogens is 1. The number of nitrogens with one attached hydrogen (secondary N) is 1. The maximum absolute atomic E-state index is 12.4. The molecule has 0 bridgehead atoms. The molecular weight excluding hydrogens is 350 g/mol. The molecule has 4 rings (SSSR count). The maximum Gasteiger partial charge on any atom is 0.291 e. The van der Waals surface area contributed by atoms with Crippen LogP contribution in [-0.4, -0.2) is 16.6 Å². The molecule has 0 atom stereocenters. The number of nitrogens with zero attached hydrogens (tertiary/aromatic N) is 2. The van der Waals surface area contributed by atoms with Crippen molar-refractivity contribution in [1.82, 2.24) is 4.98 Å². The number of furan rings is 1. The van der Waals surface area contributed by atoms with Gasteiger partial charge < -0.3 is 9.73 Å². The van der Waals surface area contributed by atoms with Crippen molar-refractivity contribution in [2.24, 2.45) is 4.99 Å². The Morgan fingerprint density at radius 3 is 2.85 bits per heavy atom. The summed E-state index contributed by atoms with van der Waals surface area (Å²) in [7, 11) is 0. The maximum atomic E-state index is 12.4. The summed E-state index contributed by atoms with van der Waals surface area (Å²) in [6.45, 7) is 3.83. The van der Waals surface area contributed by atoms with E-state index in [-0.39, 0.29) is 5.91 Å². The van der Waals surface area contributed by atoms with Gasteiger partial charge in [0.15, 0.2) is 11.6 Å². The quantitative estimate of drug-likeness (QED) is 0.719. The van der Waals surface area contributed by atoms with Crippen molar-refractivity contribution in [2.75, 3.05) is 5.32 Å². The number of pyridine rings is 1. The van der Waals surface area contributed by atoms with E-state index in [2.05, 4.69) is 21.4 Å². The van der Waals surface area contributed by atoms with E-state index in [0.29, 0.717) is 22.9 Å². The Kier molecular flexibility index (Phi) is 4.09. The molecule has 0 radical (unpaired) electrons. The monoisotopic (exact) mass is 365 g/mol. The van der Waals surface area contributed by atoms with Crippen LogP contribution in [0.3, 0.4) is 0 Å². The Bertz CT molecular complexity index is 1050. The van der Waals surface area contributed by atoms with Gasteiger partial charge in [0, 0.05) is 40.0 Å². The molecule has 6 heteroatoms. The fraction of sp³-hybridized carbons (Fsp3) is 0.150. The number of fused-ring (bicyclic) bond motifs is 1. The van der Waals surface area contributed by atoms with Gasteiger partial charge in [-0.1, -0.05) is 17.7 Å². The van der Waals surface area contributed by atoms with Gasteiger partial charge in [-0.3, -0.25) is 4.79 Å². The summed E-state index contributed by atoms with van der Waals surface area (Å²) in [5.74, 6) is 0.726. The fourth-order valence-electron chi connectivity index (χ4n) is 2.97. The van der Waals surface area contributed by atoms with Crippen LogP contribution in [0.25, 0.3) is 0 Å². The Morgan fingerprint density at radius 2 is 2.08 bits per heavy atom. The van der Waals surface area contributed by atoms with Gasteiger partial charge in [0.2, 0.25) is 0 Å². The van der Waals surface area contributed by atoms with Crippen molar-refractivity contribution in [2.45, 2.75) is 20.3 Å². The zero-order chi connectivity index (χ0) is 18.3. The molecule has 5 nitrogen and oxygen atoms in total. The number of hydrogen-bond donors (Lipinski definition) is 1. The molecule has 26 heavy (non-hydrogen) atoms. The van der Waals surface area contributed by atoms with Crippen LogP contribution in [-0.2, 0) is 6.42 Å². The fourth-order valence-corrected chi connectivity index (χ4v) is 3.20. The lowest BCUT2D eigenvalue weighted by atomic mass is 10.0. The van der Waals surface area contributed by atoms with Gasteiger partial charge in [-0.05, 0) is 43.7 Å². The van der Waals surface area contributed by atoms with Gasteiger partial charge in [0.1, 0.15) is 0 Å². The number of benzene rings is 1. The van der Waals surface area contributed by atoms with Crippen molar-refractivity contribution in [3.05, 3.63) is 75.8 Å². The average Bonchev–Trinajstić information content (AvgIpc) is 3.22. The molecule has 0 unspecified atom stereocenters. The van der Waals surface area contributed by atoms with Crippen LogP contribution in [0.1, 0.15) is 32.8 Å². The lowest BCUT2D eigenvalue weighted by Gasteiger charge is -2.09. The predicted molar refractivity (Wildman–Crippen MR) is 102 cm³/mol. The number of anilines is 1. The molecule has 1 N–H and O–H groups in total. The summed E-state index contributed by atoms with van der Waals surface area (Å²) in [4.78, 5) is 21.3.